The van der Waals surface area contributed by atoms with Crippen molar-refractivity contribution in [3.05, 3.63) is 59.4 Å². The van der Waals surface area contributed by atoms with Crippen LogP contribution >= 0.6 is 0 Å². The lowest BCUT2D eigenvalue weighted by molar-refractivity contribution is -0.134. The Kier molecular flexibility index (Phi) is 16.3. The van der Waals surface area contributed by atoms with Crippen LogP contribution in [-0.4, -0.2) is 24.5 Å². The Balaban J connectivity index is 1.73. The van der Waals surface area contributed by atoms with Gasteiger partial charge in [0.05, 0.1) is 17.7 Å². The third kappa shape index (κ3) is 13.2. The zero-order valence-corrected chi connectivity index (χ0v) is 24.2. The molecule has 0 aliphatic heterocycles. The average molecular weight is 557 g/mol. The van der Waals surface area contributed by atoms with Crippen molar-refractivity contribution in [2.45, 2.75) is 110 Å². The number of carbonyl (C=O) groups is 3. The molecule has 40 heavy (non-hydrogen) atoms. The van der Waals surface area contributed by atoms with E-state index in [0.29, 0.717) is 12.2 Å². The van der Waals surface area contributed by atoms with E-state index in [-0.39, 0.29) is 29.5 Å². The highest BCUT2D eigenvalue weighted by atomic mass is 19.1. The Bertz CT molecular complexity index is 1030. The molecule has 0 heterocycles. The molecule has 0 saturated carbocycles. The maximum Gasteiger partial charge on any atom is 0.343 e. The lowest BCUT2D eigenvalue weighted by Crippen LogP contribution is -2.11. The van der Waals surface area contributed by atoms with Crippen LogP contribution in [0.2, 0.25) is 0 Å². The first kappa shape index (κ1) is 33.0. The van der Waals surface area contributed by atoms with Crippen LogP contribution in [0.1, 0.15) is 131 Å². The van der Waals surface area contributed by atoms with E-state index < -0.39 is 17.8 Å². The van der Waals surface area contributed by atoms with Crippen LogP contribution in [-0.2, 0) is 9.53 Å². The number of rotatable bonds is 20. The van der Waals surface area contributed by atoms with Crippen LogP contribution in [0.25, 0.3) is 0 Å². The standard InChI is InChI=1S/C33H45FO6/c1-3-5-7-9-11-13-15-17-31(35)39-27-20-18-26(19-21-27)32(36)40-28-22-23-29(30(34)25-28)33(37)38-24-16-14-12-10-8-6-4-2/h18-23,25H,3-17,24H2,1-2H3. The second-order valence-corrected chi connectivity index (χ2v) is 10.2. The third-order valence-electron chi connectivity index (χ3n) is 6.66. The molecule has 0 saturated heterocycles. The largest absolute Gasteiger partial charge is 0.462 e. The predicted molar refractivity (Wildman–Crippen MR) is 154 cm³/mol. The molecular formula is C33H45FO6. The van der Waals surface area contributed by atoms with E-state index in [4.69, 9.17) is 14.2 Å². The Morgan fingerprint density at radius 3 is 1.77 bits per heavy atom. The van der Waals surface area contributed by atoms with Crippen LogP contribution < -0.4 is 9.47 Å². The summed E-state index contributed by atoms with van der Waals surface area (Å²) in [6.45, 7) is 4.60. The monoisotopic (exact) mass is 556 g/mol. The fourth-order valence-corrected chi connectivity index (χ4v) is 4.26. The lowest BCUT2D eigenvalue weighted by Gasteiger charge is -2.09. The van der Waals surface area contributed by atoms with Crippen LogP contribution in [0, 0.1) is 5.82 Å². The molecule has 0 aromatic heterocycles. The van der Waals surface area contributed by atoms with Crippen molar-refractivity contribution >= 4 is 17.9 Å². The van der Waals surface area contributed by atoms with Crippen molar-refractivity contribution in [2.75, 3.05) is 6.61 Å². The number of benzene rings is 2. The average Bonchev–Trinajstić information content (AvgIpc) is 2.94. The van der Waals surface area contributed by atoms with Crippen molar-refractivity contribution < 1.29 is 33.0 Å². The highest BCUT2D eigenvalue weighted by Crippen LogP contribution is 2.21. The number of halogens is 1. The molecule has 0 fully saturated rings. The SMILES string of the molecule is CCCCCCCCCOC(=O)c1ccc(OC(=O)c2ccc(OC(=O)CCCCCCCCC)cc2)cc1F. The van der Waals surface area contributed by atoms with Gasteiger partial charge in [-0.2, -0.15) is 0 Å². The van der Waals surface area contributed by atoms with Gasteiger partial charge < -0.3 is 14.2 Å². The summed E-state index contributed by atoms with van der Waals surface area (Å²) in [6, 6.07) is 9.58. The molecule has 0 spiro atoms. The van der Waals surface area contributed by atoms with Crippen LogP contribution in [0.3, 0.4) is 0 Å². The van der Waals surface area contributed by atoms with E-state index in [0.717, 1.165) is 44.6 Å². The zero-order valence-electron chi connectivity index (χ0n) is 24.2. The van der Waals surface area contributed by atoms with Crippen molar-refractivity contribution in [1.29, 1.82) is 0 Å². The molecule has 0 radical (unpaired) electrons. The minimum Gasteiger partial charge on any atom is -0.462 e. The number of hydrogen-bond acceptors (Lipinski definition) is 6. The molecule has 0 bridgehead atoms. The summed E-state index contributed by atoms with van der Waals surface area (Å²) in [5.74, 6) is -2.25. The molecule has 0 aliphatic carbocycles. The Morgan fingerprint density at radius 2 is 1.18 bits per heavy atom. The first-order valence-electron chi connectivity index (χ1n) is 14.9. The quantitative estimate of drug-likeness (QED) is 0.0920. The van der Waals surface area contributed by atoms with Gasteiger partial charge in [0.15, 0.2) is 0 Å². The molecule has 220 valence electrons. The van der Waals surface area contributed by atoms with Crippen molar-refractivity contribution in [1.82, 2.24) is 0 Å². The van der Waals surface area contributed by atoms with Gasteiger partial charge in [-0.25, -0.2) is 14.0 Å². The lowest BCUT2D eigenvalue weighted by atomic mass is 10.1. The van der Waals surface area contributed by atoms with Gasteiger partial charge in [-0.3, -0.25) is 4.79 Å². The smallest absolute Gasteiger partial charge is 0.343 e. The van der Waals surface area contributed by atoms with Gasteiger partial charge in [0.1, 0.15) is 17.3 Å². The molecule has 2 aromatic rings. The third-order valence-corrected chi connectivity index (χ3v) is 6.66. The molecule has 2 aromatic carbocycles. The molecule has 7 heteroatoms. The highest BCUT2D eigenvalue weighted by molar-refractivity contribution is 5.92. The fraction of sp³-hybridized carbons (Fsp3) is 0.545. The normalized spacial score (nSPS) is 10.8. The summed E-state index contributed by atoms with van der Waals surface area (Å²) in [6.07, 6.45) is 15.8. The van der Waals surface area contributed by atoms with Crippen LogP contribution in [0.5, 0.6) is 11.5 Å². The summed E-state index contributed by atoms with van der Waals surface area (Å²) >= 11 is 0. The van der Waals surface area contributed by atoms with E-state index >= 15 is 0 Å². The maximum absolute atomic E-state index is 14.5. The Labute approximate surface area is 238 Å². The van der Waals surface area contributed by atoms with E-state index in [1.165, 1.54) is 87.8 Å². The Morgan fingerprint density at radius 1 is 0.625 bits per heavy atom. The minimum atomic E-state index is -0.821. The van der Waals surface area contributed by atoms with E-state index in [1.54, 1.807) is 0 Å². The zero-order chi connectivity index (χ0) is 29.0. The van der Waals surface area contributed by atoms with Crippen molar-refractivity contribution in [3.8, 4) is 11.5 Å². The predicted octanol–water partition coefficient (Wildman–Crippen LogP) is 9.00. The summed E-state index contributed by atoms with van der Waals surface area (Å²) in [4.78, 5) is 36.8. The van der Waals surface area contributed by atoms with E-state index in [2.05, 4.69) is 13.8 Å². The maximum atomic E-state index is 14.5. The molecular weight excluding hydrogens is 511 g/mol. The number of esters is 3. The summed E-state index contributed by atoms with van der Waals surface area (Å²) in [5, 5.41) is 0. The molecule has 0 aliphatic rings. The number of unbranched alkanes of at least 4 members (excludes halogenated alkanes) is 12. The van der Waals surface area contributed by atoms with Gasteiger partial charge in [0, 0.05) is 12.5 Å². The van der Waals surface area contributed by atoms with Crippen molar-refractivity contribution in [3.63, 3.8) is 0 Å². The topological polar surface area (TPSA) is 78.9 Å². The van der Waals surface area contributed by atoms with Gasteiger partial charge in [0.2, 0.25) is 0 Å². The number of hydrogen-bond donors (Lipinski definition) is 0. The molecule has 0 atom stereocenters. The summed E-state index contributed by atoms with van der Waals surface area (Å²) in [5.41, 5.74) is 0.0101. The first-order chi connectivity index (χ1) is 19.4. The molecule has 2 rings (SSSR count). The highest BCUT2D eigenvalue weighted by Gasteiger charge is 2.16. The van der Waals surface area contributed by atoms with E-state index in [9.17, 15) is 18.8 Å². The van der Waals surface area contributed by atoms with Crippen LogP contribution in [0.15, 0.2) is 42.5 Å². The minimum absolute atomic E-state index is 0.0312. The molecule has 0 unspecified atom stereocenters. The molecule has 0 amide bonds. The second-order valence-electron chi connectivity index (χ2n) is 10.2. The summed E-state index contributed by atoms with van der Waals surface area (Å²) in [7, 11) is 0. The van der Waals surface area contributed by atoms with Gasteiger partial charge in [0.25, 0.3) is 0 Å². The summed E-state index contributed by atoms with van der Waals surface area (Å²) < 4.78 is 30.3. The second kappa shape index (κ2) is 19.8. The van der Waals surface area contributed by atoms with Gasteiger partial charge in [-0.05, 0) is 49.2 Å². The number of ether oxygens (including phenoxy) is 3. The number of carbonyl (C=O) groups excluding carboxylic acids is 3. The van der Waals surface area contributed by atoms with Gasteiger partial charge in [-0.1, -0.05) is 90.9 Å². The van der Waals surface area contributed by atoms with Crippen LogP contribution in [0.4, 0.5) is 4.39 Å². The molecule has 6 nitrogen and oxygen atoms in total. The van der Waals surface area contributed by atoms with Crippen molar-refractivity contribution in [2.24, 2.45) is 0 Å². The first-order valence-corrected chi connectivity index (χ1v) is 14.9. The molecule has 0 N–H and O–H groups in total. The van der Waals surface area contributed by atoms with E-state index in [1.807, 2.05) is 0 Å². The van der Waals surface area contributed by atoms with Gasteiger partial charge in [-0.15, -0.1) is 0 Å². The van der Waals surface area contributed by atoms with Gasteiger partial charge >= 0.3 is 17.9 Å². The Hall–Kier alpha value is -3.22. The fourth-order valence-electron chi connectivity index (χ4n) is 4.26.